The first kappa shape index (κ1) is 15.0. The van der Waals surface area contributed by atoms with Crippen molar-refractivity contribution < 1.29 is 0 Å². The van der Waals surface area contributed by atoms with Gasteiger partial charge in [0.15, 0.2) is 0 Å². The van der Waals surface area contributed by atoms with Crippen molar-refractivity contribution in [3.8, 4) is 0 Å². The number of piperidine rings is 1. The van der Waals surface area contributed by atoms with E-state index in [0.717, 1.165) is 18.3 Å². The van der Waals surface area contributed by atoms with Crippen LogP contribution in [0.5, 0.6) is 0 Å². The standard InChI is InChI=1S/C21H28N2/c1-2-3-6-18-13-16-9-11-21(18,23-14-16)12-10-17-15-22-20-8-5-4-7-19(17)20/h4-5,7-9,11,15-16,18,22-23H,2-3,6,10,12-14H2,1H3. The van der Waals surface area contributed by atoms with Gasteiger partial charge in [-0.05, 0) is 49.1 Å². The van der Waals surface area contributed by atoms with Gasteiger partial charge < -0.3 is 10.3 Å². The Morgan fingerprint density at radius 2 is 2.17 bits per heavy atom. The monoisotopic (exact) mass is 308 g/mol. The second-order valence-electron chi connectivity index (χ2n) is 7.47. The third-order valence-electron chi connectivity index (χ3n) is 6.06. The van der Waals surface area contributed by atoms with Crippen LogP contribution in [0.2, 0.25) is 0 Å². The van der Waals surface area contributed by atoms with E-state index in [4.69, 9.17) is 0 Å². The molecule has 122 valence electrons. The number of rotatable bonds is 6. The molecule has 0 spiro atoms. The van der Waals surface area contributed by atoms with Crippen molar-refractivity contribution in [3.05, 3.63) is 48.2 Å². The van der Waals surface area contributed by atoms with E-state index in [9.17, 15) is 0 Å². The number of nitrogens with one attached hydrogen (secondary N) is 2. The zero-order valence-electron chi connectivity index (χ0n) is 14.1. The van der Waals surface area contributed by atoms with Crippen LogP contribution in [0.4, 0.5) is 0 Å². The number of aromatic amines is 1. The first-order valence-electron chi connectivity index (χ1n) is 9.30. The van der Waals surface area contributed by atoms with E-state index >= 15 is 0 Å². The number of aromatic nitrogens is 1. The van der Waals surface area contributed by atoms with Gasteiger partial charge in [-0.25, -0.2) is 0 Å². The van der Waals surface area contributed by atoms with Gasteiger partial charge in [0.1, 0.15) is 0 Å². The van der Waals surface area contributed by atoms with Crippen molar-refractivity contribution in [2.75, 3.05) is 6.54 Å². The van der Waals surface area contributed by atoms with Crippen molar-refractivity contribution in [2.45, 2.75) is 51.0 Å². The molecule has 1 aromatic heterocycles. The van der Waals surface area contributed by atoms with Crippen LogP contribution in [0.25, 0.3) is 10.9 Å². The smallest absolute Gasteiger partial charge is 0.0456 e. The van der Waals surface area contributed by atoms with E-state index in [-0.39, 0.29) is 5.54 Å². The van der Waals surface area contributed by atoms with Crippen LogP contribution in [0.1, 0.15) is 44.6 Å². The van der Waals surface area contributed by atoms with Crippen molar-refractivity contribution in [1.29, 1.82) is 0 Å². The summed E-state index contributed by atoms with van der Waals surface area (Å²) in [7, 11) is 0. The third-order valence-corrected chi connectivity index (χ3v) is 6.06. The van der Waals surface area contributed by atoms with Crippen molar-refractivity contribution >= 4 is 10.9 Å². The number of hydrogen-bond donors (Lipinski definition) is 2. The highest BCUT2D eigenvalue weighted by Gasteiger charge is 2.43. The summed E-state index contributed by atoms with van der Waals surface area (Å²) in [6.45, 7) is 3.48. The van der Waals surface area contributed by atoms with Gasteiger partial charge in [0, 0.05) is 29.2 Å². The van der Waals surface area contributed by atoms with Crippen molar-refractivity contribution in [2.24, 2.45) is 11.8 Å². The molecule has 23 heavy (non-hydrogen) atoms. The molecule has 2 bridgehead atoms. The van der Waals surface area contributed by atoms with Crippen LogP contribution >= 0.6 is 0 Å². The molecule has 1 aromatic carbocycles. The maximum atomic E-state index is 3.90. The number of fused-ring (bicyclic) bond motifs is 3. The predicted octanol–water partition coefficient (Wildman–Crippen LogP) is 4.83. The quantitative estimate of drug-likeness (QED) is 0.735. The normalized spacial score (nSPS) is 29.4. The van der Waals surface area contributed by atoms with Gasteiger partial charge in [-0.3, -0.25) is 0 Å². The number of hydrogen-bond acceptors (Lipinski definition) is 1. The predicted molar refractivity (Wildman–Crippen MR) is 97.6 cm³/mol. The second kappa shape index (κ2) is 6.16. The van der Waals surface area contributed by atoms with Crippen molar-refractivity contribution in [1.82, 2.24) is 10.3 Å². The number of H-pyrrole nitrogens is 1. The highest BCUT2D eigenvalue weighted by Crippen LogP contribution is 2.42. The van der Waals surface area contributed by atoms with E-state index < -0.39 is 0 Å². The Bertz CT molecular complexity index is 699. The Balaban J connectivity index is 1.53. The number of unbranched alkanes of at least 4 members (excludes halogenated alkanes) is 1. The molecule has 2 N–H and O–H groups in total. The SMILES string of the molecule is CCCCC1CC2C=CC1(CCc1c[nH]c3ccccc13)NC2. The van der Waals surface area contributed by atoms with Gasteiger partial charge in [0.05, 0.1) is 0 Å². The number of aryl methyl sites for hydroxylation is 1. The topological polar surface area (TPSA) is 27.8 Å². The molecule has 0 saturated carbocycles. The molecule has 1 aliphatic carbocycles. The van der Waals surface area contributed by atoms with Crippen LogP contribution in [0, 0.1) is 11.8 Å². The fourth-order valence-electron chi connectivity index (χ4n) is 4.66. The highest BCUT2D eigenvalue weighted by atomic mass is 15.0. The number of benzene rings is 1. The van der Waals surface area contributed by atoms with Crippen LogP contribution < -0.4 is 5.32 Å². The Morgan fingerprint density at radius 1 is 1.26 bits per heavy atom. The van der Waals surface area contributed by atoms with Crippen LogP contribution in [-0.2, 0) is 6.42 Å². The minimum absolute atomic E-state index is 0.238. The Kier molecular flexibility index (Phi) is 4.02. The molecule has 2 aliphatic heterocycles. The summed E-state index contributed by atoms with van der Waals surface area (Å²) in [6, 6.07) is 8.67. The molecule has 2 heteroatoms. The van der Waals surface area contributed by atoms with Crippen LogP contribution in [0.3, 0.4) is 0 Å². The van der Waals surface area contributed by atoms with E-state index in [2.05, 4.69) is 59.8 Å². The Hall–Kier alpha value is -1.54. The summed E-state index contributed by atoms with van der Waals surface area (Å²) >= 11 is 0. The molecular formula is C21H28N2. The molecule has 3 heterocycles. The zero-order valence-corrected chi connectivity index (χ0v) is 14.1. The minimum atomic E-state index is 0.238. The van der Waals surface area contributed by atoms with Gasteiger partial charge in [-0.2, -0.15) is 0 Å². The van der Waals surface area contributed by atoms with Crippen molar-refractivity contribution in [3.63, 3.8) is 0 Å². The van der Waals surface area contributed by atoms with E-state index in [1.54, 1.807) is 0 Å². The van der Waals surface area contributed by atoms with Gasteiger partial charge in [-0.15, -0.1) is 0 Å². The summed E-state index contributed by atoms with van der Waals surface area (Å²) in [5.41, 5.74) is 2.97. The van der Waals surface area contributed by atoms with Gasteiger partial charge >= 0.3 is 0 Å². The van der Waals surface area contributed by atoms with E-state index in [1.807, 2.05) is 0 Å². The molecule has 0 amide bonds. The maximum absolute atomic E-state index is 3.90. The molecule has 3 unspecified atom stereocenters. The second-order valence-corrected chi connectivity index (χ2v) is 7.47. The molecule has 2 nitrogen and oxygen atoms in total. The average Bonchev–Trinajstić information content (AvgIpc) is 3.03. The summed E-state index contributed by atoms with van der Waals surface area (Å²) in [6.07, 6.45) is 15.0. The highest BCUT2D eigenvalue weighted by molar-refractivity contribution is 5.83. The summed E-state index contributed by atoms with van der Waals surface area (Å²) < 4.78 is 0. The Morgan fingerprint density at radius 3 is 3.00 bits per heavy atom. The molecule has 5 rings (SSSR count). The fourth-order valence-corrected chi connectivity index (χ4v) is 4.66. The molecule has 3 aliphatic rings. The Labute approximate surface area is 139 Å². The number of para-hydroxylation sites is 1. The van der Waals surface area contributed by atoms with E-state index in [0.29, 0.717) is 0 Å². The molecule has 1 saturated heterocycles. The third kappa shape index (κ3) is 2.74. The molecule has 2 aromatic rings. The lowest BCUT2D eigenvalue weighted by Gasteiger charge is -2.49. The lowest BCUT2D eigenvalue weighted by Crippen LogP contribution is -2.58. The average molecular weight is 308 g/mol. The lowest BCUT2D eigenvalue weighted by molar-refractivity contribution is 0.138. The molecular weight excluding hydrogens is 280 g/mol. The van der Waals surface area contributed by atoms with Gasteiger partial charge in [-0.1, -0.05) is 50.1 Å². The van der Waals surface area contributed by atoms with E-state index in [1.165, 1.54) is 55.1 Å². The molecule has 3 atom stereocenters. The van der Waals surface area contributed by atoms with Gasteiger partial charge in [0.2, 0.25) is 0 Å². The maximum Gasteiger partial charge on any atom is 0.0456 e. The lowest BCUT2D eigenvalue weighted by atomic mass is 9.65. The molecule has 1 fully saturated rings. The minimum Gasteiger partial charge on any atom is -0.361 e. The largest absolute Gasteiger partial charge is 0.361 e. The first-order valence-corrected chi connectivity index (χ1v) is 9.30. The van der Waals surface area contributed by atoms with Gasteiger partial charge in [0.25, 0.3) is 0 Å². The van der Waals surface area contributed by atoms with Crippen LogP contribution in [-0.4, -0.2) is 17.1 Å². The summed E-state index contributed by atoms with van der Waals surface area (Å²) in [4.78, 5) is 3.42. The summed E-state index contributed by atoms with van der Waals surface area (Å²) in [5.74, 6) is 1.59. The summed E-state index contributed by atoms with van der Waals surface area (Å²) in [5, 5.41) is 5.30. The van der Waals surface area contributed by atoms with Crippen LogP contribution in [0.15, 0.2) is 42.6 Å². The zero-order chi connectivity index (χ0) is 15.7. The first-order chi connectivity index (χ1) is 11.3. The molecule has 0 radical (unpaired) electrons. The fraction of sp³-hybridized carbons (Fsp3) is 0.524.